The summed E-state index contributed by atoms with van der Waals surface area (Å²) in [5, 5.41) is 0. The standard InChI is InChI=1S/Fe.Mg.H4O4Si.2H/c;;1-5(2,3)4;;/h;;1-4H;;. The molecule has 0 atom stereocenters. The summed E-state index contributed by atoms with van der Waals surface area (Å²) in [5.41, 5.74) is 0. The summed E-state index contributed by atoms with van der Waals surface area (Å²) in [4.78, 5) is 29.3. The normalized spacial score (nSPS) is 8.57. The van der Waals surface area contributed by atoms with Gasteiger partial charge in [0.05, 0.1) is 0 Å². The van der Waals surface area contributed by atoms with Crippen LogP contribution < -0.4 is 0 Å². The molecule has 4 nitrogen and oxygen atoms in total. The molecule has 0 amide bonds. The molecule has 7 heteroatoms. The van der Waals surface area contributed by atoms with Gasteiger partial charge in [0, 0.05) is 17.1 Å². The maximum absolute atomic E-state index is 7.33. The predicted molar refractivity (Wildman–Crippen MR) is 23.2 cm³/mol. The van der Waals surface area contributed by atoms with Crippen molar-refractivity contribution in [2.45, 2.75) is 0 Å². The fourth-order valence-corrected chi connectivity index (χ4v) is 0. The fourth-order valence-electron chi connectivity index (χ4n) is 0. The van der Waals surface area contributed by atoms with Crippen molar-refractivity contribution in [3.8, 4) is 0 Å². The molecule has 0 bridgehead atoms. The summed E-state index contributed by atoms with van der Waals surface area (Å²) in [6.07, 6.45) is 0. The minimum absolute atomic E-state index is 0. The molecule has 0 aromatic rings. The topological polar surface area (TPSA) is 80.9 Å². The molecule has 4 N–H and O–H groups in total. The van der Waals surface area contributed by atoms with Gasteiger partial charge < -0.3 is 19.2 Å². The fraction of sp³-hybridized carbons (Fsp3) is 0. The van der Waals surface area contributed by atoms with Crippen molar-refractivity contribution >= 4 is 32.1 Å². The first-order valence-electron chi connectivity index (χ1n) is 0.894. The van der Waals surface area contributed by atoms with Gasteiger partial charge in [-0.15, -0.1) is 0 Å². The van der Waals surface area contributed by atoms with Crippen LogP contribution in [0.2, 0.25) is 0 Å². The van der Waals surface area contributed by atoms with Gasteiger partial charge in [-0.2, -0.15) is 0 Å². The third-order valence-electron chi connectivity index (χ3n) is 0. The molecular formula is H6FeMgO4Si. The van der Waals surface area contributed by atoms with Gasteiger partial charge in [-0.05, 0) is 0 Å². The van der Waals surface area contributed by atoms with E-state index in [9.17, 15) is 0 Å². The van der Waals surface area contributed by atoms with E-state index in [0.29, 0.717) is 0 Å². The molecule has 7 heavy (non-hydrogen) atoms. The van der Waals surface area contributed by atoms with Gasteiger partial charge in [-0.25, -0.2) is 0 Å². The number of hydrogen-bond donors (Lipinski definition) is 4. The van der Waals surface area contributed by atoms with Gasteiger partial charge >= 0.3 is 32.1 Å². The molecule has 0 fully saturated rings. The zero-order valence-corrected chi connectivity index (χ0v) is 4.75. The molecule has 0 aromatic carbocycles. The van der Waals surface area contributed by atoms with Crippen molar-refractivity contribution < 1.29 is 36.3 Å². The number of hydrogen-bond acceptors (Lipinski definition) is 4. The summed E-state index contributed by atoms with van der Waals surface area (Å²) in [5.74, 6) is 0. The quantitative estimate of drug-likeness (QED) is 0.290. The Hall–Kier alpha value is 1.34. The van der Waals surface area contributed by atoms with Crippen molar-refractivity contribution in [1.82, 2.24) is 0 Å². The van der Waals surface area contributed by atoms with Crippen molar-refractivity contribution in [2.24, 2.45) is 0 Å². The summed E-state index contributed by atoms with van der Waals surface area (Å²) < 4.78 is 0. The van der Waals surface area contributed by atoms with E-state index >= 15 is 0 Å². The van der Waals surface area contributed by atoms with Crippen molar-refractivity contribution in [1.29, 1.82) is 0 Å². The summed E-state index contributed by atoms with van der Waals surface area (Å²) in [7, 11) is -4.61. The van der Waals surface area contributed by atoms with Crippen molar-refractivity contribution in [2.75, 3.05) is 0 Å². The van der Waals surface area contributed by atoms with E-state index in [1.165, 1.54) is 0 Å². The van der Waals surface area contributed by atoms with E-state index < -0.39 is 9.05 Å². The largest absolute Gasteiger partial charge is 0.668 e. The van der Waals surface area contributed by atoms with Gasteiger partial charge in [0.15, 0.2) is 0 Å². The Labute approximate surface area is 68.3 Å². The second kappa shape index (κ2) is 5.48. The molecule has 0 aliphatic rings. The summed E-state index contributed by atoms with van der Waals surface area (Å²) in [6.45, 7) is 0. The van der Waals surface area contributed by atoms with Crippen LogP contribution in [-0.4, -0.2) is 51.3 Å². The third kappa shape index (κ3) is 116. The average molecular weight is 178 g/mol. The molecular weight excluding hydrogens is 172 g/mol. The zero-order valence-electron chi connectivity index (χ0n) is 2.64. The first-order chi connectivity index (χ1) is 2.00. The molecule has 0 radical (unpaired) electrons. The minimum atomic E-state index is -4.61. The van der Waals surface area contributed by atoms with Crippen molar-refractivity contribution in [3.63, 3.8) is 0 Å². The molecule has 0 aliphatic carbocycles. The van der Waals surface area contributed by atoms with E-state index in [4.69, 9.17) is 19.2 Å². The Morgan fingerprint density at radius 1 is 0.857 bits per heavy atom. The SMILES string of the molecule is O[Si](O)(O)O.[Fe].[MgH2]. The van der Waals surface area contributed by atoms with Gasteiger partial charge in [0.1, 0.15) is 0 Å². The first-order valence-corrected chi connectivity index (χ1v) is 2.68. The van der Waals surface area contributed by atoms with Crippen LogP contribution in [0.15, 0.2) is 0 Å². The van der Waals surface area contributed by atoms with Crippen LogP contribution in [-0.2, 0) is 17.1 Å². The molecule has 0 unspecified atom stereocenters. The predicted octanol–water partition coefficient (Wildman–Crippen LogP) is -3.53. The van der Waals surface area contributed by atoms with E-state index in [0.717, 1.165) is 0 Å². The van der Waals surface area contributed by atoms with E-state index in [2.05, 4.69) is 0 Å². The third-order valence-corrected chi connectivity index (χ3v) is 0. The maximum Gasteiger partial charge on any atom is 0.668 e. The monoisotopic (exact) mass is 178 g/mol. The van der Waals surface area contributed by atoms with Gasteiger partial charge in [0.25, 0.3) is 0 Å². The Morgan fingerprint density at radius 3 is 0.857 bits per heavy atom. The minimum Gasteiger partial charge on any atom is -0.368 e. The Balaban J connectivity index is -0.0000000800. The summed E-state index contributed by atoms with van der Waals surface area (Å²) in [6, 6.07) is 0. The Kier molecular flexibility index (Phi) is 12.3. The Morgan fingerprint density at radius 2 is 0.857 bits per heavy atom. The van der Waals surface area contributed by atoms with Crippen LogP contribution in [0.25, 0.3) is 0 Å². The van der Waals surface area contributed by atoms with Crippen LogP contribution in [0, 0.1) is 0 Å². The van der Waals surface area contributed by atoms with Crippen molar-refractivity contribution in [3.05, 3.63) is 0 Å². The van der Waals surface area contributed by atoms with E-state index in [1.54, 1.807) is 0 Å². The maximum atomic E-state index is 7.33. The van der Waals surface area contributed by atoms with Crippen LogP contribution in [0.3, 0.4) is 0 Å². The molecule has 0 spiro atoms. The molecule has 44 valence electrons. The van der Waals surface area contributed by atoms with Crippen LogP contribution in [0.4, 0.5) is 0 Å². The van der Waals surface area contributed by atoms with Gasteiger partial charge in [-0.1, -0.05) is 0 Å². The second-order valence-corrected chi connectivity index (χ2v) is 1.80. The first kappa shape index (κ1) is 15.8. The van der Waals surface area contributed by atoms with Gasteiger partial charge in [0.2, 0.25) is 0 Å². The molecule has 0 heterocycles. The molecule has 0 saturated heterocycles. The molecule has 0 aromatic heterocycles. The van der Waals surface area contributed by atoms with Crippen LogP contribution in [0.5, 0.6) is 0 Å². The number of rotatable bonds is 0. The van der Waals surface area contributed by atoms with Crippen LogP contribution >= 0.6 is 0 Å². The summed E-state index contributed by atoms with van der Waals surface area (Å²) >= 11 is 0. The molecule has 0 aliphatic heterocycles. The smallest absolute Gasteiger partial charge is 0.368 e. The Bertz CT molecular complexity index is 27.2. The zero-order chi connectivity index (χ0) is 4.50. The molecule has 0 saturated carbocycles. The molecule has 0 rings (SSSR count). The van der Waals surface area contributed by atoms with E-state index in [-0.39, 0.29) is 40.1 Å². The van der Waals surface area contributed by atoms with Gasteiger partial charge in [-0.3, -0.25) is 0 Å². The second-order valence-electron chi connectivity index (χ2n) is 0.600. The van der Waals surface area contributed by atoms with E-state index in [1.807, 2.05) is 0 Å². The average Bonchev–Trinajstić information content (AvgIpc) is 0.722. The van der Waals surface area contributed by atoms with Crippen LogP contribution in [0.1, 0.15) is 0 Å².